The number of rotatable bonds is 11. The molecule has 0 unspecified atom stereocenters. The van der Waals surface area contributed by atoms with Crippen LogP contribution in [0, 0.1) is 5.92 Å². The van der Waals surface area contributed by atoms with Crippen LogP contribution in [0.5, 0.6) is 0 Å². The van der Waals surface area contributed by atoms with Crippen molar-refractivity contribution in [2.75, 3.05) is 38.7 Å². The quantitative estimate of drug-likeness (QED) is 0.247. The van der Waals surface area contributed by atoms with Gasteiger partial charge in [0.15, 0.2) is 0 Å². The van der Waals surface area contributed by atoms with Gasteiger partial charge in [0.25, 0.3) is 0 Å². The van der Waals surface area contributed by atoms with Gasteiger partial charge in [-0.15, -0.1) is 0 Å². The van der Waals surface area contributed by atoms with E-state index in [9.17, 15) is 14.4 Å². The Hall–Kier alpha value is -2.36. The minimum Gasteiger partial charge on any atom is -0.463 e. The molecular weight excluding hydrogens is 456 g/mol. The number of nitrogens with one attached hydrogen (secondary N) is 2. The highest BCUT2D eigenvalue weighted by molar-refractivity contribution is 7.98. The molecule has 0 saturated carbocycles. The molecule has 0 radical (unpaired) electrons. The van der Waals surface area contributed by atoms with Crippen molar-refractivity contribution in [2.24, 2.45) is 5.92 Å². The number of aliphatic hydroxyl groups is 1. The fourth-order valence-electron chi connectivity index (χ4n) is 3.36. The molecule has 2 atom stereocenters. The topological polar surface area (TPSA) is 114 Å². The first-order valence-electron chi connectivity index (χ1n) is 11.8. The Balaban J connectivity index is 1.94. The molecule has 0 spiro atoms. The van der Waals surface area contributed by atoms with Crippen LogP contribution in [0.25, 0.3) is 0 Å². The van der Waals surface area contributed by atoms with Gasteiger partial charge in [-0.2, -0.15) is 11.8 Å². The fraction of sp³-hybridized carbons (Fsp3) is 0.560. The number of benzene rings is 1. The van der Waals surface area contributed by atoms with Crippen LogP contribution in [-0.2, 0) is 29.6 Å². The normalized spacial score (nSPS) is 19.8. The Labute approximate surface area is 205 Å². The SMILES string of the molecule is O=C(C[C@H]1CC=CCCCC(=O)OC[C@H](CSCc2ccccc2)NC1=O)NCCOCCO. The van der Waals surface area contributed by atoms with Crippen LogP contribution in [0.3, 0.4) is 0 Å². The molecule has 1 aromatic carbocycles. The van der Waals surface area contributed by atoms with Gasteiger partial charge in [-0.3, -0.25) is 14.4 Å². The van der Waals surface area contributed by atoms with Gasteiger partial charge in [0.05, 0.1) is 31.8 Å². The van der Waals surface area contributed by atoms with Crippen LogP contribution < -0.4 is 10.6 Å². The lowest BCUT2D eigenvalue weighted by Gasteiger charge is -2.22. The molecule has 0 bridgehead atoms. The van der Waals surface area contributed by atoms with Crippen LogP contribution in [-0.4, -0.2) is 67.7 Å². The van der Waals surface area contributed by atoms with Crippen LogP contribution in [0.4, 0.5) is 0 Å². The molecule has 9 heteroatoms. The lowest BCUT2D eigenvalue weighted by molar-refractivity contribution is -0.145. The number of ether oxygens (including phenoxy) is 2. The van der Waals surface area contributed by atoms with Gasteiger partial charge < -0.3 is 25.2 Å². The minimum absolute atomic E-state index is 0.0554. The number of cyclic esters (lactones) is 1. The minimum atomic E-state index is -0.521. The highest BCUT2D eigenvalue weighted by Crippen LogP contribution is 2.16. The summed E-state index contributed by atoms with van der Waals surface area (Å²) in [7, 11) is 0. The molecule has 188 valence electrons. The Morgan fingerprint density at radius 3 is 2.82 bits per heavy atom. The van der Waals surface area contributed by atoms with E-state index >= 15 is 0 Å². The van der Waals surface area contributed by atoms with Crippen molar-refractivity contribution >= 4 is 29.5 Å². The van der Waals surface area contributed by atoms with Gasteiger partial charge in [0.1, 0.15) is 6.61 Å². The number of hydrogen-bond acceptors (Lipinski definition) is 7. The number of carbonyl (C=O) groups is 3. The molecule has 0 aromatic heterocycles. The third-order valence-electron chi connectivity index (χ3n) is 5.17. The first-order valence-corrected chi connectivity index (χ1v) is 12.9. The molecular formula is C25H36N2O6S. The zero-order valence-electron chi connectivity index (χ0n) is 19.6. The van der Waals surface area contributed by atoms with Crippen LogP contribution in [0.1, 0.15) is 37.7 Å². The van der Waals surface area contributed by atoms with E-state index in [1.807, 2.05) is 42.5 Å². The monoisotopic (exact) mass is 492 g/mol. The van der Waals surface area contributed by atoms with Crippen molar-refractivity contribution in [3.05, 3.63) is 48.0 Å². The number of esters is 1. The average Bonchev–Trinajstić information content (AvgIpc) is 2.84. The van der Waals surface area contributed by atoms with Gasteiger partial charge in [0, 0.05) is 30.9 Å². The van der Waals surface area contributed by atoms with Gasteiger partial charge >= 0.3 is 5.97 Å². The lowest BCUT2D eigenvalue weighted by Crippen LogP contribution is -2.44. The largest absolute Gasteiger partial charge is 0.463 e. The van der Waals surface area contributed by atoms with Crippen molar-refractivity contribution in [3.8, 4) is 0 Å². The number of carbonyl (C=O) groups excluding carboxylic acids is 3. The highest BCUT2D eigenvalue weighted by atomic mass is 32.2. The van der Waals surface area contributed by atoms with E-state index in [1.54, 1.807) is 11.8 Å². The molecule has 0 fully saturated rings. The maximum Gasteiger partial charge on any atom is 0.305 e. The third kappa shape index (κ3) is 12.2. The lowest BCUT2D eigenvalue weighted by atomic mass is 9.98. The van der Waals surface area contributed by atoms with E-state index in [-0.39, 0.29) is 50.1 Å². The van der Waals surface area contributed by atoms with E-state index in [1.165, 1.54) is 5.56 Å². The number of hydrogen-bond donors (Lipinski definition) is 3. The standard InChI is InChI=1S/C25H36N2O6S/c28-13-15-32-14-12-26-23(29)16-21-10-6-1-2-7-11-24(30)33-17-22(27-25(21)31)19-34-18-20-8-4-3-5-9-20/h1,3-6,8-9,21-22,28H,2,7,10-19H2,(H,26,29)(H,27,31)/t21-,22-/m1/s1. The summed E-state index contributed by atoms with van der Waals surface area (Å²) in [5.41, 5.74) is 1.18. The summed E-state index contributed by atoms with van der Waals surface area (Å²) in [5, 5.41) is 14.5. The van der Waals surface area contributed by atoms with Gasteiger partial charge in [-0.05, 0) is 24.8 Å². The molecule has 34 heavy (non-hydrogen) atoms. The van der Waals surface area contributed by atoms with Gasteiger partial charge in [-0.25, -0.2) is 0 Å². The number of amides is 2. The summed E-state index contributed by atoms with van der Waals surface area (Å²) in [4.78, 5) is 37.5. The van der Waals surface area contributed by atoms with Crippen LogP contribution >= 0.6 is 11.8 Å². The van der Waals surface area contributed by atoms with E-state index in [4.69, 9.17) is 14.6 Å². The second kappa shape index (κ2) is 17.1. The van der Waals surface area contributed by atoms with Crippen molar-refractivity contribution in [3.63, 3.8) is 0 Å². The molecule has 0 aliphatic carbocycles. The molecule has 1 aliphatic heterocycles. The second-order valence-corrected chi connectivity index (χ2v) is 9.11. The van der Waals surface area contributed by atoms with E-state index < -0.39 is 5.92 Å². The first-order chi connectivity index (χ1) is 16.6. The fourth-order valence-corrected chi connectivity index (χ4v) is 4.37. The van der Waals surface area contributed by atoms with Gasteiger partial charge in [0.2, 0.25) is 11.8 Å². The molecule has 1 heterocycles. The zero-order valence-corrected chi connectivity index (χ0v) is 20.4. The summed E-state index contributed by atoms with van der Waals surface area (Å²) in [6.45, 7) is 0.885. The van der Waals surface area contributed by atoms with E-state index in [0.29, 0.717) is 44.6 Å². The first kappa shape index (κ1) is 27.9. The third-order valence-corrected chi connectivity index (χ3v) is 6.34. The summed E-state index contributed by atoms with van der Waals surface area (Å²) >= 11 is 1.66. The van der Waals surface area contributed by atoms with Crippen molar-refractivity contribution in [2.45, 2.75) is 43.9 Å². The Kier molecular flexibility index (Phi) is 14.0. The molecule has 8 nitrogen and oxygen atoms in total. The maximum absolute atomic E-state index is 13.1. The smallest absolute Gasteiger partial charge is 0.305 e. The maximum atomic E-state index is 13.1. The van der Waals surface area contributed by atoms with Crippen molar-refractivity contribution in [1.82, 2.24) is 10.6 Å². The number of aliphatic hydroxyl groups excluding tert-OH is 1. The predicted molar refractivity (Wildman–Crippen MR) is 132 cm³/mol. The molecule has 1 aliphatic rings. The summed E-state index contributed by atoms with van der Waals surface area (Å²) < 4.78 is 10.6. The van der Waals surface area contributed by atoms with E-state index in [2.05, 4.69) is 10.6 Å². The Morgan fingerprint density at radius 2 is 2.03 bits per heavy atom. The average molecular weight is 493 g/mol. The highest BCUT2D eigenvalue weighted by Gasteiger charge is 2.24. The van der Waals surface area contributed by atoms with Crippen molar-refractivity contribution < 1.29 is 29.0 Å². The molecule has 2 amide bonds. The van der Waals surface area contributed by atoms with E-state index in [0.717, 1.165) is 5.75 Å². The summed E-state index contributed by atoms with van der Waals surface area (Å²) in [6, 6.07) is 9.70. The van der Waals surface area contributed by atoms with Crippen molar-refractivity contribution in [1.29, 1.82) is 0 Å². The summed E-state index contributed by atoms with van der Waals surface area (Å²) in [5.74, 6) is 0.134. The molecule has 0 saturated heterocycles. The zero-order chi connectivity index (χ0) is 24.4. The summed E-state index contributed by atoms with van der Waals surface area (Å²) in [6.07, 6.45) is 6.09. The Bertz CT molecular complexity index is 774. The second-order valence-electron chi connectivity index (χ2n) is 8.08. The molecule has 2 rings (SSSR count). The van der Waals surface area contributed by atoms with Gasteiger partial charge in [-0.1, -0.05) is 42.5 Å². The predicted octanol–water partition coefficient (Wildman–Crippen LogP) is 2.21. The Morgan fingerprint density at radius 1 is 1.21 bits per heavy atom. The molecule has 1 aromatic rings. The van der Waals surface area contributed by atoms with Crippen LogP contribution in [0.15, 0.2) is 42.5 Å². The molecule has 3 N–H and O–H groups in total. The number of allylic oxidation sites excluding steroid dienone is 2. The van der Waals surface area contributed by atoms with Crippen LogP contribution in [0.2, 0.25) is 0 Å². The number of thioether (sulfide) groups is 1.